The maximum atomic E-state index is 5.40. The number of nitrogens with zero attached hydrogens (tertiary/aromatic N) is 3. The van der Waals surface area contributed by atoms with Gasteiger partial charge in [-0.1, -0.05) is 0 Å². The summed E-state index contributed by atoms with van der Waals surface area (Å²) in [5.74, 6) is 6.85. The van der Waals surface area contributed by atoms with Gasteiger partial charge in [0.05, 0.1) is 12.6 Å². The summed E-state index contributed by atoms with van der Waals surface area (Å²) in [5.41, 5.74) is 2.10. The van der Waals surface area contributed by atoms with E-state index in [4.69, 9.17) is 10.6 Å². The van der Waals surface area contributed by atoms with E-state index in [1.165, 1.54) is 6.33 Å². The Morgan fingerprint density at radius 2 is 2.00 bits per heavy atom. The SMILES string of the molecule is COc1c(NN)ncnc1NC(C)(C)c1nccs1. The number of nitrogens with one attached hydrogen (secondary N) is 2. The molecule has 0 aromatic carbocycles. The molecule has 4 N–H and O–H groups in total. The molecular weight excluding hydrogens is 264 g/mol. The van der Waals surface area contributed by atoms with Crippen molar-refractivity contribution in [3.05, 3.63) is 22.9 Å². The van der Waals surface area contributed by atoms with E-state index in [9.17, 15) is 0 Å². The second-order valence-corrected chi connectivity index (χ2v) is 5.23. The van der Waals surface area contributed by atoms with Crippen LogP contribution in [0.4, 0.5) is 11.6 Å². The summed E-state index contributed by atoms with van der Waals surface area (Å²) >= 11 is 1.57. The molecule has 0 fully saturated rings. The lowest BCUT2D eigenvalue weighted by Gasteiger charge is -2.25. The van der Waals surface area contributed by atoms with E-state index in [1.54, 1.807) is 24.6 Å². The van der Waals surface area contributed by atoms with Crippen LogP contribution in [0, 0.1) is 0 Å². The molecule has 102 valence electrons. The van der Waals surface area contributed by atoms with Crippen molar-refractivity contribution in [1.29, 1.82) is 0 Å². The van der Waals surface area contributed by atoms with Gasteiger partial charge in [0.2, 0.25) is 5.75 Å². The van der Waals surface area contributed by atoms with Crippen molar-refractivity contribution >= 4 is 23.0 Å². The van der Waals surface area contributed by atoms with E-state index in [1.807, 2.05) is 19.2 Å². The van der Waals surface area contributed by atoms with Crippen LogP contribution in [-0.4, -0.2) is 22.1 Å². The van der Waals surface area contributed by atoms with Gasteiger partial charge in [0.25, 0.3) is 0 Å². The van der Waals surface area contributed by atoms with E-state index in [-0.39, 0.29) is 5.54 Å². The summed E-state index contributed by atoms with van der Waals surface area (Å²) in [6, 6.07) is 0. The zero-order valence-electron chi connectivity index (χ0n) is 11.0. The number of hydrazine groups is 1. The molecule has 2 aromatic rings. The van der Waals surface area contributed by atoms with Crippen molar-refractivity contribution in [3.8, 4) is 5.75 Å². The number of methoxy groups -OCH3 is 1. The highest BCUT2D eigenvalue weighted by atomic mass is 32.1. The molecule has 0 bridgehead atoms. The molecule has 0 amide bonds. The fourth-order valence-corrected chi connectivity index (χ4v) is 2.36. The molecule has 2 heterocycles. The first-order chi connectivity index (χ1) is 9.08. The molecule has 0 saturated heterocycles. The number of nitrogen functional groups attached to an aromatic ring is 1. The fraction of sp³-hybridized carbons (Fsp3) is 0.364. The number of hydrogen-bond acceptors (Lipinski definition) is 8. The molecule has 0 aliphatic rings. The van der Waals surface area contributed by atoms with E-state index >= 15 is 0 Å². The largest absolute Gasteiger partial charge is 0.490 e. The maximum absolute atomic E-state index is 5.40. The van der Waals surface area contributed by atoms with Crippen LogP contribution >= 0.6 is 11.3 Å². The smallest absolute Gasteiger partial charge is 0.205 e. The highest BCUT2D eigenvalue weighted by Crippen LogP contribution is 2.33. The van der Waals surface area contributed by atoms with Crippen LogP contribution < -0.4 is 21.3 Å². The second-order valence-electron chi connectivity index (χ2n) is 4.34. The summed E-state index contributed by atoms with van der Waals surface area (Å²) in [4.78, 5) is 12.5. The highest BCUT2D eigenvalue weighted by Gasteiger charge is 2.26. The summed E-state index contributed by atoms with van der Waals surface area (Å²) < 4.78 is 5.28. The van der Waals surface area contributed by atoms with Crippen LogP contribution in [0.5, 0.6) is 5.75 Å². The van der Waals surface area contributed by atoms with Crippen molar-refractivity contribution < 1.29 is 4.74 Å². The average molecular weight is 280 g/mol. The van der Waals surface area contributed by atoms with Gasteiger partial charge in [0, 0.05) is 11.6 Å². The maximum Gasteiger partial charge on any atom is 0.205 e. The summed E-state index contributed by atoms with van der Waals surface area (Å²) in [6.07, 6.45) is 3.19. The average Bonchev–Trinajstić information content (AvgIpc) is 2.92. The van der Waals surface area contributed by atoms with E-state index in [0.717, 1.165) is 5.01 Å². The fourth-order valence-electron chi connectivity index (χ4n) is 1.64. The number of anilines is 2. The van der Waals surface area contributed by atoms with Crippen LogP contribution in [0.25, 0.3) is 0 Å². The minimum Gasteiger partial charge on any atom is -0.490 e. The minimum atomic E-state index is -0.373. The van der Waals surface area contributed by atoms with Crippen LogP contribution in [0.15, 0.2) is 17.9 Å². The van der Waals surface area contributed by atoms with Crippen LogP contribution in [0.2, 0.25) is 0 Å². The minimum absolute atomic E-state index is 0.373. The third kappa shape index (κ3) is 2.74. The first-order valence-corrected chi connectivity index (χ1v) is 6.50. The number of thiazole rings is 1. The Balaban J connectivity index is 2.33. The van der Waals surface area contributed by atoms with Gasteiger partial charge < -0.3 is 15.5 Å². The highest BCUT2D eigenvalue weighted by molar-refractivity contribution is 7.09. The van der Waals surface area contributed by atoms with Gasteiger partial charge >= 0.3 is 0 Å². The third-order valence-electron chi connectivity index (χ3n) is 2.54. The first-order valence-electron chi connectivity index (χ1n) is 5.62. The Morgan fingerprint density at radius 3 is 2.58 bits per heavy atom. The van der Waals surface area contributed by atoms with E-state index in [2.05, 4.69) is 25.7 Å². The molecule has 0 atom stereocenters. The lowest BCUT2D eigenvalue weighted by Crippen LogP contribution is -2.28. The zero-order valence-corrected chi connectivity index (χ0v) is 11.8. The van der Waals surface area contributed by atoms with Gasteiger partial charge in [-0.25, -0.2) is 20.8 Å². The number of nitrogens with two attached hydrogens (primary N) is 1. The monoisotopic (exact) mass is 280 g/mol. The van der Waals surface area contributed by atoms with E-state index < -0.39 is 0 Å². The third-order valence-corrected chi connectivity index (χ3v) is 3.64. The van der Waals surface area contributed by atoms with Gasteiger partial charge in [-0.15, -0.1) is 11.3 Å². The summed E-state index contributed by atoms with van der Waals surface area (Å²) in [5, 5.41) is 6.18. The molecule has 2 rings (SSSR count). The van der Waals surface area contributed by atoms with E-state index in [0.29, 0.717) is 17.4 Å². The molecule has 2 aromatic heterocycles. The lowest BCUT2D eigenvalue weighted by molar-refractivity contribution is 0.412. The van der Waals surface area contributed by atoms with Crippen molar-refractivity contribution in [1.82, 2.24) is 15.0 Å². The normalized spacial score (nSPS) is 11.2. The van der Waals surface area contributed by atoms with Gasteiger partial charge in [-0.3, -0.25) is 0 Å². The Morgan fingerprint density at radius 1 is 1.26 bits per heavy atom. The molecular formula is C11H16N6OS. The first kappa shape index (κ1) is 13.5. The molecule has 0 spiro atoms. The molecule has 0 aliphatic heterocycles. The Bertz CT molecular complexity index is 542. The van der Waals surface area contributed by atoms with Crippen LogP contribution in [0.1, 0.15) is 18.9 Å². The molecule has 19 heavy (non-hydrogen) atoms. The molecule has 0 saturated carbocycles. The van der Waals surface area contributed by atoms with Crippen molar-refractivity contribution in [3.63, 3.8) is 0 Å². The predicted molar refractivity (Wildman–Crippen MR) is 75.2 cm³/mol. The zero-order chi connectivity index (χ0) is 13.9. The summed E-state index contributed by atoms with van der Waals surface area (Å²) in [6.45, 7) is 4.03. The predicted octanol–water partition coefficient (Wildman–Crippen LogP) is 1.57. The topological polar surface area (TPSA) is 98.0 Å². The molecule has 0 unspecified atom stereocenters. The van der Waals surface area contributed by atoms with Gasteiger partial charge in [-0.2, -0.15) is 0 Å². The number of aromatic nitrogens is 3. The standard InChI is InChI=1S/C11H16N6OS/c1-11(2,10-13-4-5-19-10)16-8-7(18-3)9(17-12)15-6-14-8/h4-6H,12H2,1-3H3,(H2,14,15,16,17). The van der Waals surface area contributed by atoms with Gasteiger partial charge in [-0.05, 0) is 13.8 Å². The Labute approximate surface area is 115 Å². The van der Waals surface area contributed by atoms with Gasteiger partial charge in [0.15, 0.2) is 11.6 Å². The Hall–Kier alpha value is -1.93. The second kappa shape index (κ2) is 5.37. The number of hydrogen-bond donors (Lipinski definition) is 3. The van der Waals surface area contributed by atoms with Crippen molar-refractivity contribution in [2.24, 2.45) is 5.84 Å². The van der Waals surface area contributed by atoms with Crippen molar-refractivity contribution in [2.75, 3.05) is 17.9 Å². The molecule has 7 nitrogen and oxygen atoms in total. The molecule has 0 radical (unpaired) electrons. The Kier molecular flexibility index (Phi) is 3.82. The lowest BCUT2D eigenvalue weighted by atomic mass is 10.1. The number of ether oxygens (including phenoxy) is 1. The van der Waals surface area contributed by atoms with Gasteiger partial charge in [0.1, 0.15) is 11.3 Å². The van der Waals surface area contributed by atoms with Crippen LogP contribution in [0.3, 0.4) is 0 Å². The van der Waals surface area contributed by atoms with Crippen LogP contribution in [-0.2, 0) is 5.54 Å². The molecule has 8 heteroatoms. The van der Waals surface area contributed by atoms with Crippen molar-refractivity contribution in [2.45, 2.75) is 19.4 Å². The number of rotatable bonds is 5. The summed E-state index contributed by atoms with van der Waals surface area (Å²) in [7, 11) is 1.54. The quantitative estimate of drug-likeness (QED) is 0.565. The molecule has 0 aliphatic carbocycles.